The summed E-state index contributed by atoms with van der Waals surface area (Å²) in [6.45, 7) is 5.52. The van der Waals surface area contributed by atoms with Crippen molar-refractivity contribution in [3.8, 4) is 0 Å². The molecule has 0 aromatic heterocycles. The van der Waals surface area contributed by atoms with Crippen molar-refractivity contribution >= 4 is 23.4 Å². The first kappa shape index (κ1) is 17.9. The molecule has 1 aliphatic carbocycles. The molecule has 128 valence electrons. The number of halogens is 2. The van der Waals surface area contributed by atoms with Gasteiger partial charge in [-0.3, -0.25) is 0 Å². The van der Waals surface area contributed by atoms with E-state index < -0.39 is 5.60 Å². The van der Waals surface area contributed by atoms with E-state index >= 15 is 0 Å². The van der Waals surface area contributed by atoms with Crippen molar-refractivity contribution in [1.82, 2.24) is 5.32 Å². The van der Waals surface area contributed by atoms with Crippen molar-refractivity contribution in [3.63, 3.8) is 0 Å². The van der Waals surface area contributed by atoms with E-state index in [1.807, 2.05) is 20.8 Å². The molecule has 1 saturated carbocycles. The van der Waals surface area contributed by atoms with Crippen LogP contribution in [0.15, 0.2) is 18.2 Å². The predicted octanol–water partition coefficient (Wildman–Crippen LogP) is 4.73. The molecule has 0 aliphatic heterocycles. The number of carbonyl (C=O) groups is 1. The SMILES string of the molecule is CC(C)(C)OC(=O)NC1CCC(Nc2cc(Cl)ccc2F)CC1. The number of rotatable bonds is 3. The molecule has 0 radical (unpaired) electrons. The van der Waals surface area contributed by atoms with Gasteiger partial charge >= 0.3 is 6.09 Å². The Morgan fingerprint density at radius 3 is 2.43 bits per heavy atom. The van der Waals surface area contributed by atoms with Gasteiger partial charge in [0.2, 0.25) is 0 Å². The fraction of sp³-hybridized carbons (Fsp3) is 0.588. The van der Waals surface area contributed by atoms with Gasteiger partial charge in [0, 0.05) is 17.1 Å². The third-order valence-corrected chi connectivity index (χ3v) is 3.97. The van der Waals surface area contributed by atoms with Gasteiger partial charge in [-0.05, 0) is 64.7 Å². The first-order valence-corrected chi connectivity index (χ1v) is 8.32. The molecule has 0 unspecified atom stereocenters. The average molecular weight is 343 g/mol. The zero-order valence-corrected chi connectivity index (χ0v) is 14.5. The van der Waals surface area contributed by atoms with Crippen LogP contribution in [0.4, 0.5) is 14.9 Å². The van der Waals surface area contributed by atoms with Crippen LogP contribution < -0.4 is 10.6 Å². The molecule has 4 nitrogen and oxygen atoms in total. The van der Waals surface area contributed by atoms with Crippen LogP contribution in [0.2, 0.25) is 5.02 Å². The van der Waals surface area contributed by atoms with Crippen molar-refractivity contribution < 1.29 is 13.9 Å². The molecule has 0 spiro atoms. The van der Waals surface area contributed by atoms with Gasteiger partial charge in [-0.1, -0.05) is 11.6 Å². The third-order valence-electron chi connectivity index (χ3n) is 3.74. The molecule has 2 N–H and O–H groups in total. The molecule has 1 aromatic rings. The van der Waals surface area contributed by atoms with E-state index in [0.29, 0.717) is 10.7 Å². The minimum absolute atomic E-state index is 0.104. The first-order chi connectivity index (χ1) is 10.7. The minimum atomic E-state index is -0.493. The Hall–Kier alpha value is -1.49. The zero-order valence-electron chi connectivity index (χ0n) is 13.8. The van der Waals surface area contributed by atoms with E-state index in [0.717, 1.165) is 25.7 Å². The molecule has 1 aliphatic rings. The number of ether oxygens (including phenoxy) is 1. The monoisotopic (exact) mass is 342 g/mol. The van der Waals surface area contributed by atoms with Crippen molar-refractivity contribution in [3.05, 3.63) is 29.0 Å². The summed E-state index contributed by atoms with van der Waals surface area (Å²) in [5, 5.41) is 6.60. The molecule has 2 rings (SSSR count). The Morgan fingerprint density at radius 1 is 1.22 bits per heavy atom. The highest BCUT2D eigenvalue weighted by Crippen LogP contribution is 2.26. The highest BCUT2D eigenvalue weighted by Gasteiger charge is 2.25. The largest absolute Gasteiger partial charge is 0.444 e. The van der Waals surface area contributed by atoms with Gasteiger partial charge in [0.25, 0.3) is 0 Å². The summed E-state index contributed by atoms with van der Waals surface area (Å²) < 4.78 is 19.0. The van der Waals surface area contributed by atoms with Gasteiger partial charge in [0.1, 0.15) is 11.4 Å². The fourth-order valence-corrected chi connectivity index (χ4v) is 2.86. The lowest BCUT2D eigenvalue weighted by atomic mass is 9.91. The van der Waals surface area contributed by atoms with Gasteiger partial charge in [-0.15, -0.1) is 0 Å². The summed E-state index contributed by atoms with van der Waals surface area (Å²) >= 11 is 5.90. The molecule has 1 aromatic carbocycles. The summed E-state index contributed by atoms with van der Waals surface area (Å²) in [6, 6.07) is 4.78. The lowest BCUT2D eigenvalue weighted by Crippen LogP contribution is -2.42. The minimum Gasteiger partial charge on any atom is -0.444 e. The number of carbonyl (C=O) groups excluding carboxylic acids is 1. The fourth-order valence-electron chi connectivity index (χ4n) is 2.68. The quantitative estimate of drug-likeness (QED) is 0.835. The lowest BCUT2D eigenvalue weighted by molar-refractivity contribution is 0.0492. The Kier molecular flexibility index (Phi) is 5.74. The molecular weight excluding hydrogens is 319 g/mol. The van der Waals surface area contributed by atoms with E-state index in [1.54, 1.807) is 6.07 Å². The van der Waals surface area contributed by atoms with Gasteiger partial charge in [0.05, 0.1) is 5.69 Å². The maximum Gasteiger partial charge on any atom is 0.407 e. The first-order valence-electron chi connectivity index (χ1n) is 7.94. The van der Waals surface area contributed by atoms with Gasteiger partial charge in [-0.25, -0.2) is 9.18 Å². The molecule has 1 fully saturated rings. The van der Waals surface area contributed by atoms with E-state index in [1.165, 1.54) is 12.1 Å². The summed E-state index contributed by atoms with van der Waals surface area (Å²) in [4.78, 5) is 11.8. The van der Waals surface area contributed by atoms with Crippen LogP contribution in [0, 0.1) is 5.82 Å². The highest BCUT2D eigenvalue weighted by molar-refractivity contribution is 6.30. The van der Waals surface area contributed by atoms with Crippen LogP contribution in [0.25, 0.3) is 0 Å². The highest BCUT2D eigenvalue weighted by atomic mass is 35.5. The second-order valence-electron chi connectivity index (χ2n) is 6.96. The van der Waals surface area contributed by atoms with Crippen molar-refractivity contribution in [2.75, 3.05) is 5.32 Å². The molecule has 0 atom stereocenters. The van der Waals surface area contributed by atoms with E-state index in [9.17, 15) is 9.18 Å². The van der Waals surface area contributed by atoms with Crippen LogP contribution in [-0.4, -0.2) is 23.8 Å². The summed E-state index contributed by atoms with van der Waals surface area (Å²) in [6.07, 6.45) is 2.99. The number of hydrogen-bond donors (Lipinski definition) is 2. The van der Waals surface area contributed by atoms with Crippen LogP contribution in [0.3, 0.4) is 0 Å². The Bertz CT molecular complexity index is 552. The standard InChI is InChI=1S/C17H24ClFN2O2/c1-17(2,3)23-16(22)21-13-7-5-12(6-8-13)20-15-10-11(18)4-9-14(15)19/h4,9-10,12-13,20H,5-8H2,1-3H3,(H,21,22). The van der Waals surface area contributed by atoms with Gasteiger partial charge < -0.3 is 15.4 Å². The number of hydrogen-bond acceptors (Lipinski definition) is 3. The van der Waals surface area contributed by atoms with Gasteiger partial charge in [0.15, 0.2) is 0 Å². The Labute approximate surface area is 141 Å². The molecule has 23 heavy (non-hydrogen) atoms. The normalized spacial score (nSPS) is 21.6. The van der Waals surface area contributed by atoms with Crippen molar-refractivity contribution in [2.45, 2.75) is 64.1 Å². The molecule has 0 bridgehead atoms. The van der Waals surface area contributed by atoms with Crippen molar-refractivity contribution in [2.24, 2.45) is 0 Å². The second-order valence-corrected chi connectivity index (χ2v) is 7.40. The molecule has 1 amide bonds. The zero-order chi connectivity index (χ0) is 17.0. The van der Waals surface area contributed by atoms with E-state index in [4.69, 9.17) is 16.3 Å². The Balaban J connectivity index is 1.80. The number of anilines is 1. The number of alkyl carbamates (subject to hydrolysis) is 1. The Morgan fingerprint density at radius 2 is 1.83 bits per heavy atom. The number of benzene rings is 1. The number of nitrogens with one attached hydrogen (secondary N) is 2. The second kappa shape index (κ2) is 7.39. The van der Waals surface area contributed by atoms with Crippen LogP contribution in [-0.2, 0) is 4.74 Å². The van der Waals surface area contributed by atoms with Crippen LogP contribution >= 0.6 is 11.6 Å². The topological polar surface area (TPSA) is 50.4 Å². The van der Waals surface area contributed by atoms with Gasteiger partial charge in [-0.2, -0.15) is 0 Å². The van der Waals surface area contributed by atoms with Crippen LogP contribution in [0.1, 0.15) is 46.5 Å². The lowest BCUT2D eigenvalue weighted by Gasteiger charge is -2.31. The number of amides is 1. The van der Waals surface area contributed by atoms with E-state index in [2.05, 4.69) is 10.6 Å². The summed E-state index contributed by atoms with van der Waals surface area (Å²) in [5.74, 6) is -0.302. The molecular formula is C17H24ClFN2O2. The van der Waals surface area contributed by atoms with Crippen LogP contribution in [0.5, 0.6) is 0 Å². The molecule has 6 heteroatoms. The average Bonchev–Trinajstić information content (AvgIpc) is 2.43. The molecule has 0 saturated heterocycles. The maximum absolute atomic E-state index is 13.7. The summed E-state index contributed by atoms with van der Waals surface area (Å²) in [7, 11) is 0. The van der Waals surface area contributed by atoms with Crippen molar-refractivity contribution in [1.29, 1.82) is 0 Å². The summed E-state index contributed by atoms with van der Waals surface area (Å²) in [5.41, 5.74) is -0.0616. The molecule has 0 heterocycles. The van der Waals surface area contributed by atoms with E-state index in [-0.39, 0.29) is 24.0 Å². The maximum atomic E-state index is 13.7. The third kappa shape index (κ3) is 5.90. The smallest absolute Gasteiger partial charge is 0.407 e. The predicted molar refractivity (Wildman–Crippen MR) is 90.4 cm³/mol.